The Morgan fingerprint density at radius 1 is 1.67 bits per heavy atom. The van der Waals surface area contributed by atoms with Gasteiger partial charge in [-0.1, -0.05) is 0 Å². The molecule has 5 heteroatoms. The highest BCUT2D eigenvalue weighted by molar-refractivity contribution is 9.10. The Morgan fingerprint density at radius 3 is 2.87 bits per heavy atom. The number of benzene rings is 1. The summed E-state index contributed by atoms with van der Waals surface area (Å²) < 4.78 is 5.45. The molecule has 78 valence electrons. The number of nitriles is 1. The van der Waals surface area contributed by atoms with Gasteiger partial charge in [-0.2, -0.15) is 5.26 Å². The fourth-order valence-corrected chi connectivity index (χ4v) is 1.96. The van der Waals surface area contributed by atoms with Crippen LogP contribution in [0.2, 0.25) is 0 Å². The topological polar surface area (TPSA) is 50.1 Å². The van der Waals surface area contributed by atoms with Crippen LogP contribution in [-0.4, -0.2) is 12.6 Å². The molecule has 0 aromatic heterocycles. The van der Waals surface area contributed by atoms with Crippen molar-refractivity contribution in [3.63, 3.8) is 0 Å². The van der Waals surface area contributed by atoms with Crippen molar-refractivity contribution in [2.24, 2.45) is 0 Å². The van der Waals surface area contributed by atoms with Crippen molar-refractivity contribution in [2.45, 2.75) is 11.8 Å². The maximum Gasteiger partial charge on any atom is 0.339 e. The number of halogens is 1. The van der Waals surface area contributed by atoms with Crippen LogP contribution in [0.3, 0.4) is 0 Å². The van der Waals surface area contributed by atoms with E-state index in [-0.39, 0.29) is 0 Å². The molecular formula is C10H8BrNO2S. The Labute approximate surface area is 102 Å². The summed E-state index contributed by atoms with van der Waals surface area (Å²) in [7, 11) is 0. The molecule has 0 atom stereocenters. The molecule has 0 aliphatic rings. The standard InChI is InChI=1S/C10H8BrNO2S/c1-2-14-10(13)6-3-4-8(11)7(5-12)9(6)15/h3-4,15H,2H2,1H3. The number of rotatable bonds is 2. The Hall–Kier alpha value is -0.990. The largest absolute Gasteiger partial charge is 0.462 e. The molecule has 0 aliphatic heterocycles. The molecule has 0 bridgehead atoms. The summed E-state index contributed by atoms with van der Waals surface area (Å²) in [5.74, 6) is -0.466. The minimum atomic E-state index is -0.466. The predicted molar refractivity (Wildman–Crippen MR) is 62.1 cm³/mol. The number of ether oxygens (including phenoxy) is 1. The van der Waals surface area contributed by atoms with Gasteiger partial charge in [-0.15, -0.1) is 12.6 Å². The normalized spacial score (nSPS) is 9.47. The first-order chi connectivity index (χ1) is 7.11. The number of nitrogens with zero attached hydrogens (tertiary/aromatic N) is 1. The van der Waals surface area contributed by atoms with Crippen molar-refractivity contribution in [2.75, 3.05) is 6.61 Å². The van der Waals surface area contributed by atoms with Crippen molar-refractivity contribution in [1.29, 1.82) is 5.26 Å². The van der Waals surface area contributed by atoms with Crippen molar-refractivity contribution in [3.8, 4) is 6.07 Å². The maximum absolute atomic E-state index is 11.4. The molecule has 0 heterocycles. The molecule has 0 fully saturated rings. The number of carbonyl (C=O) groups is 1. The van der Waals surface area contributed by atoms with Gasteiger partial charge in [0.15, 0.2) is 0 Å². The van der Waals surface area contributed by atoms with Gasteiger partial charge in [-0.05, 0) is 35.0 Å². The zero-order chi connectivity index (χ0) is 11.4. The summed E-state index contributed by atoms with van der Waals surface area (Å²) in [5, 5.41) is 8.85. The lowest BCUT2D eigenvalue weighted by Gasteiger charge is -2.06. The quantitative estimate of drug-likeness (QED) is 0.672. The molecule has 0 spiro atoms. The number of hydrogen-bond donors (Lipinski definition) is 1. The highest BCUT2D eigenvalue weighted by Crippen LogP contribution is 2.26. The number of esters is 1. The van der Waals surface area contributed by atoms with E-state index < -0.39 is 5.97 Å². The molecule has 0 saturated carbocycles. The summed E-state index contributed by atoms with van der Waals surface area (Å²) in [6.07, 6.45) is 0. The average Bonchev–Trinajstić information content (AvgIpc) is 2.18. The van der Waals surface area contributed by atoms with E-state index in [0.29, 0.717) is 27.1 Å². The van der Waals surface area contributed by atoms with Crippen LogP contribution >= 0.6 is 28.6 Å². The van der Waals surface area contributed by atoms with E-state index in [2.05, 4.69) is 28.6 Å². The molecule has 15 heavy (non-hydrogen) atoms. The van der Waals surface area contributed by atoms with Gasteiger partial charge in [-0.3, -0.25) is 0 Å². The predicted octanol–water partition coefficient (Wildman–Crippen LogP) is 2.79. The zero-order valence-corrected chi connectivity index (χ0v) is 10.4. The SMILES string of the molecule is CCOC(=O)c1ccc(Br)c(C#N)c1S. The fraction of sp³-hybridized carbons (Fsp3) is 0.200. The summed E-state index contributed by atoms with van der Waals surface area (Å²) in [6.45, 7) is 2.02. The molecular weight excluding hydrogens is 278 g/mol. The molecule has 1 aromatic rings. The van der Waals surface area contributed by atoms with Crippen molar-refractivity contribution >= 4 is 34.5 Å². The van der Waals surface area contributed by atoms with Crippen molar-refractivity contribution in [1.82, 2.24) is 0 Å². The molecule has 0 amide bonds. The molecule has 1 aromatic carbocycles. The maximum atomic E-state index is 11.4. The van der Waals surface area contributed by atoms with Crippen LogP contribution in [0, 0.1) is 11.3 Å². The molecule has 1 rings (SSSR count). The first-order valence-electron chi connectivity index (χ1n) is 4.20. The highest BCUT2D eigenvalue weighted by atomic mass is 79.9. The van der Waals surface area contributed by atoms with Crippen LogP contribution in [0.5, 0.6) is 0 Å². The van der Waals surface area contributed by atoms with E-state index in [1.807, 2.05) is 6.07 Å². The molecule has 0 N–H and O–H groups in total. The van der Waals surface area contributed by atoms with Crippen molar-refractivity contribution in [3.05, 3.63) is 27.7 Å². The van der Waals surface area contributed by atoms with E-state index >= 15 is 0 Å². The van der Waals surface area contributed by atoms with Crippen LogP contribution in [0.4, 0.5) is 0 Å². The molecule has 0 unspecified atom stereocenters. The first kappa shape index (κ1) is 12.1. The first-order valence-corrected chi connectivity index (χ1v) is 5.44. The summed E-state index contributed by atoms with van der Waals surface area (Å²) in [6, 6.07) is 5.17. The van der Waals surface area contributed by atoms with Gasteiger partial charge >= 0.3 is 5.97 Å². The highest BCUT2D eigenvalue weighted by Gasteiger charge is 2.15. The third-order valence-corrected chi connectivity index (χ3v) is 2.86. The van der Waals surface area contributed by atoms with Gasteiger partial charge in [0.2, 0.25) is 0 Å². The van der Waals surface area contributed by atoms with Crippen LogP contribution < -0.4 is 0 Å². The smallest absolute Gasteiger partial charge is 0.339 e. The van der Waals surface area contributed by atoms with Gasteiger partial charge in [0, 0.05) is 9.37 Å². The third kappa shape index (κ3) is 2.52. The average molecular weight is 286 g/mol. The van der Waals surface area contributed by atoms with Gasteiger partial charge in [-0.25, -0.2) is 4.79 Å². The molecule has 3 nitrogen and oxygen atoms in total. The Bertz CT molecular complexity index is 440. The third-order valence-electron chi connectivity index (χ3n) is 1.73. The lowest BCUT2D eigenvalue weighted by Crippen LogP contribution is -2.06. The van der Waals surface area contributed by atoms with Crippen LogP contribution in [0.25, 0.3) is 0 Å². The molecule has 0 radical (unpaired) electrons. The summed E-state index contributed by atoms with van der Waals surface area (Å²) in [4.78, 5) is 11.8. The summed E-state index contributed by atoms with van der Waals surface area (Å²) in [5.41, 5.74) is 0.642. The van der Waals surface area contributed by atoms with Gasteiger partial charge in [0.1, 0.15) is 6.07 Å². The Balaban J connectivity index is 3.23. The monoisotopic (exact) mass is 285 g/mol. The fourth-order valence-electron chi connectivity index (χ4n) is 1.05. The van der Waals surface area contributed by atoms with E-state index in [0.717, 1.165) is 0 Å². The van der Waals surface area contributed by atoms with Crippen LogP contribution in [0.1, 0.15) is 22.8 Å². The second-order valence-corrected chi connectivity index (χ2v) is 3.95. The van der Waals surface area contributed by atoms with E-state index in [9.17, 15) is 4.79 Å². The molecule has 0 saturated heterocycles. The number of hydrogen-bond acceptors (Lipinski definition) is 4. The van der Waals surface area contributed by atoms with Crippen LogP contribution in [0.15, 0.2) is 21.5 Å². The minimum absolute atomic E-state index is 0.296. The Kier molecular flexibility index (Phi) is 4.18. The van der Waals surface area contributed by atoms with E-state index in [4.69, 9.17) is 10.00 Å². The summed E-state index contributed by atoms with van der Waals surface area (Å²) >= 11 is 7.35. The van der Waals surface area contributed by atoms with Gasteiger partial charge in [0.25, 0.3) is 0 Å². The zero-order valence-electron chi connectivity index (χ0n) is 7.95. The second-order valence-electron chi connectivity index (χ2n) is 2.65. The Morgan fingerprint density at radius 2 is 2.33 bits per heavy atom. The minimum Gasteiger partial charge on any atom is -0.462 e. The number of carbonyl (C=O) groups excluding carboxylic acids is 1. The van der Waals surface area contributed by atoms with Crippen LogP contribution in [-0.2, 0) is 4.74 Å². The van der Waals surface area contributed by atoms with E-state index in [1.54, 1.807) is 19.1 Å². The lowest BCUT2D eigenvalue weighted by molar-refractivity contribution is 0.0522. The molecule has 0 aliphatic carbocycles. The van der Waals surface area contributed by atoms with Gasteiger partial charge < -0.3 is 4.74 Å². The van der Waals surface area contributed by atoms with Gasteiger partial charge in [0.05, 0.1) is 17.7 Å². The second kappa shape index (κ2) is 5.19. The van der Waals surface area contributed by atoms with Crippen molar-refractivity contribution < 1.29 is 9.53 Å². The van der Waals surface area contributed by atoms with E-state index in [1.165, 1.54) is 0 Å². The number of thiol groups is 1. The lowest BCUT2D eigenvalue weighted by atomic mass is 10.1.